The Morgan fingerprint density at radius 1 is 1.25 bits per heavy atom. The monoisotopic (exact) mass is 166 g/mol. The summed E-state index contributed by atoms with van der Waals surface area (Å²) in [6, 6.07) is 0. The molecule has 0 N–H and O–H groups in total. The van der Waals surface area contributed by atoms with Crippen LogP contribution in [0.4, 0.5) is 0 Å². The molecule has 2 aromatic heterocycles. The van der Waals surface area contributed by atoms with Crippen molar-refractivity contribution in [3.63, 3.8) is 0 Å². The highest BCUT2D eigenvalue weighted by Gasteiger charge is 2.06. The molecular weight excluding hydrogens is 160 g/mol. The van der Waals surface area contributed by atoms with Crippen LogP contribution in [-0.4, -0.2) is 20.4 Å². The summed E-state index contributed by atoms with van der Waals surface area (Å²) in [5, 5.41) is 14.6. The molecule has 0 fully saturated rings. The predicted octanol–water partition coefficient (Wildman–Crippen LogP) is 0.352. The molecule has 0 aliphatic heterocycles. The van der Waals surface area contributed by atoms with Gasteiger partial charge in [0.25, 0.3) is 0 Å². The largest absolute Gasteiger partial charge is 0.427 e. The quantitative estimate of drug-likeness (QED) is 0.640. The first-order chi connectivity index (χ1) is 5.84. The Labute approximate surface area is 67.6 Å². The van der Waals surface area contributed by atoms with Crippen LogP contribution in [0.2, 0.25) is 0 Å². The van der Waals surface area contributed by atoms with Crippen LogP contribution in [0.3, 0.4) is 0 Å². The van der Waals surface area contributed by atoms with Crippen molar-refractivity contribution in [1.29, 1.82) is 0 Å². The second-order valence-electron chi connectivity index (χ2n) is 2.22. The van der Waals surface area contributed by atoms with E-state index in [1.165, 1.54) is 6.39 Å². The second kappa shape index (κ2) is 2.72. The number of aryl methyl sites for hydroxylation is 1. The lowest BCUT2D eigenvalue weighted by molar-refractivity contribution is 0.442. The molecule has 0 unspecified atom stereocenters. The fourth-order valence-electron chi connectivity index (χ4n) is 0.811. The van der Waals surface area contributed by atoms with Gasteiger partial charge in [-0.3, -0.25) is 0 Å². The molecule has 2 aromatic rings. The van der Waals surface area contributed by atoms with Crippen molar-refractivity contribution in [3.05, 3.63) is 24.1 Å². The summed E-state index contributed by atoms with van der Waals surface area (Å²) >= 11 is 0. The Bertz CT molecular complexity index is 353. The van der Waals surface area contributed by atoms with Gasteiger partial charge in [-0.2, -0.15) is 0 Å². The van der Waals surface area contributed by atoms with Gasteiger partial charge >= 0.3 is 0 Å². The maximum Gasteiger partial charge on any atom is 0.225 e. The summed E-state index contributed by atoms with van der Waals surface area (Å²) in [6.45, 7) is 1.73. The molecule has 2 heterocycles. The Morgan fingerprint density at radius 3 is 2.75 bits per heavy atom. The van der Waals surface area contributed by atoms with Crippen LogP contribution < -0.4 is 0 Å². The van der Waals surface area contributed by atoms with Crippen LogP contribution in [0, 0.1) is 6.92 Å². The van der Waals surface area contributed by atoms with E-state index in [0.717, 1.165) is 0 Å². The zero-order valence-corrected chi connectivity index (χ0v) is 6.39. The third kappa shape index (κ3) is 1.31. The van der Waals surface area contributed by atoms with Crippen LogP contribution in [0.1, 0.15) is 17.7 Å². The van der Waals surface area contributed by atoms with E-state index in [-0.39, 0.29) is 0 Å². The first kappa shape index (κ1) is 6.96. The predicted molar refractivity (Wildman–Crippen MR) is 36.1 cm³/mol. The van der Waals surface area contributed by atoms with Crippen LogP contribution in [0.5, 0.6) is 0 Å². The molecule has 0 aromatic carbocycles. The van der Waals surface area contributed by atoms with Gasteiger partial charge in [0.15, 0.2) is 0 Å². The molecule has 0 bridgehead atoms. The first-order valence-corrected chi connectivity index (χ1v) is 3.38. The third-order valence-electron chi connectivity index (χ3n) is 1.28. The van der Waals surface area contributed by atoms with Gasteiger partial charge < -0.3 is 8.83 Å². The molecule has 0 atom stereocenters. The Hall–Kier alpha value is -1.72. The second-order valence-corrected chi connectivity index (χ2v) is 2.22. The number of aromatic nitrogens is 4. The molecule has 0 aliphatic rings. The average Bonchev–Trinajstić information content (AvgIpc) is 2.63. The zero-order chi connectivity index (χ0) is 8.39. The van der Waals surface area contributed by atoms with E-state index in [2.05, 4.69) is 20.4 Å². The van der Waals surface area contributed by atoms with E-state index in [0.29, 0.717) is 24.1 Å². The molecule has 6 nitrogen and oxygen atoms in total. The summed E-state index contributed by atoms with van der Waals surface area (Å²) in [6.07, 6.45) is 1.65. The van der Waals surface area contributed by atoms with Crippen molar-refractivity contribution in [2.24, 2.45) is 0 Å². The minimum Gasteiger partial charge on any atom is -0.427 e. The van der Waals surface area contributed by atoms with E-state index in [4.69, 9.17) is 8.83 Å². The highest BCUT2D eigenvalue weighted by atomic mass is 16.4. The molecule has 12 heavy (non-hydrogen) atoms. The van der Waals surface area contributed by atoms with E-state index in [1.807, 2.05) is 0 Å². The normalized spacial score (nSPS) is 10.4. The topological polar surface area (TPSA) is 77.8 Å². The molecule has 0 amide bonds. The van der Waals surface area contributed by atoms with Crippen molar-refractivity contribution in [2.75, 3.05) is 0 Å². The zero-order valence-electron chi connectivity index (χ0n) is 6.39. The molecule has 0 saturated carbocycles. The number of hydrogen-bond acceptors (Lipinski definition) is 6. The van der Waals surface area contributed by atoms with Crippen molar-refractivity contribution in [1.82, 2.24) is 20.4 Å². The van der Waals surface area contributed by atoms with Crippen LogP contribution in [0.15, 0.2) is 15.2 Å². The molecule has 0 radical (unpaired) electrons. The molecule has 2 rings (SSSR count). The first-order valence-electron chi connectivity index (χ1n) is 3.38. The summed E-state index contributed by atoms with van der Waals surface area (Å²) in [4.78, 5) is 0. The maximum atomic E-state index is 5.11. The van der Waals surface area contributed by atoms with Crippen molar-refractivity contribution < 1.29 is 8.83 Å². The van der Waals surface area contributed by atoms with Crippen molar-refractivity contribution in [3.8, 4) is 0 Å². The lowest BCUT2D eigenvalue weighted by Crippen LogP contribution is -1.88. The Morgan fingerprint density at radius 2 is 2.17 bits per heavy atom. The SMILES string of the molecule is Cc1nnc(Cc2nnco2)o1. The molecule has 0 aliphatic carbocycles. The standard InChI is InChI=1S/C6H6N4O2/c1-4-8-10-6(12-4)2-5-9-7-3-11-5/h3H,2H2,1H3. The smallest absolute Gasteiger partial charge is 0.225 e. The molecule has 0 spiro atoms. The van der Waals surface area contributed by atoms with Gasteiger partial charge in [-0.25, -0.2) is 0 Å². The summed E-state index contributed by atoms with van der Waals surface area (Å²) in [7, 11) is 0. The molecular formula is C6H6N4O2. The lowest BCUT2D eigenvalue weighted by Gasteiger charge is -1.84. The highest BCUT2D eigenvalue weighted by molar-refractivity contribution is 4.89. The lowest BCUT2D eigenvalue weighted by atomic mass is 10.4. The maximum absolute atomic E-state index is 5.11. The minimum atomic E-state index is 0.390. The van der Waals surface area contributed by atoms with Gasteiger partial charge in [0.05, 0.1) is 0 Å². The Kier molecular flexibility index (Phi) is 1.58. The van der Waals surface area contributed by atoms with E-state index in [1.54, 1.807) is 6.92 Å². The average molecular weight is 166 g/mol. The fourth-order valence-corrected chi connectivity index (χ4v) is 0.811. The molecule has 0 saturated heterocycles. The molecule has 62 valence electrons. The number of nitrogens with zero attached hydrogens (tertiary/aromatic N) is 4. The van der Waals surface area contributed by atoms with Gasteiger partial charge in [-0.1, -0.05) is 0 Å². The summed E-state index contributed by atoms with van der Waals surface area (Å²) < 4.78 is 10.0. The van der Waals surface area contributed by atoms with Crippen LogP contribution >= 0.6 is 0 Å². The van der Waals surface area contributed by atoms with Gasteiger partial charge in [0.1, 0.15) is 6.42 Å². The van der Waals surface area contributed by atoms with Crippen molar-refractivity contribution >= 4 is 0 Å². The fraction of sp³-hybridized carbons (Fsp3) is 0.333. The molecule has 6 heteroatoms. The van der Waals surface area contributed by atoms with Gasteiger partial charge in [0, 0.05) is 6.92 Å². The number of hydrogen-bond donors (Lipinski definition) is 0. The minimum absolute atomic E-state index is 0.390. The van der Waals surface area contributed by atoms with E-state index < -0.39 is 0 Å². The Balaban J connectivity index is 2.14. The number of rotatable bonds is 2. The summed E-state index contributed by atoms with van der Waals surface area (Å²) in [5.74, 6) is 1.49. The third-order valence-corrected chi connectivity index (χ3v) is 1.28. The van der Waals surface area contributed by atoms with Gasteiger partial charge in [-0.15, -0.1) is 20.4 Å². The highest BCUT2D eigenvalue weighted by Crippen LogP contribution is 2.04. The van der Waals surface area contributed by atoms with Crippen molar-refractivity contribution in [2.45, 2.75) is 13.3 Å². The van der Waals surface area contributed by atoms with Crippen LogP contribution in [-0.2, 0) is 6.42 Å². The van der Waals surface area contributed by atoms with Crippen LogP contribution in [0.25, 0.3) is 0 Å². The summed E-state index contributed by atoms with van der Waals surface area (Å²) in [5.41, 5.74) is 0. The van der Waals surface area contributed by atoms with E-state index >= 15 is 0 Å². The van der Waals surface area contributed by atoms with Gasteiger partial charge in [0.2, 0.25) is 24.1 Å². The van der Waals surface area contributed by atoms with Gasteiger partial charge in [-0.05, 0) is 0 Å². The van der Waals surface area contributed by atoms with E-state index in [9.17, 15) is 0 Å².